The number of rotatable bonds is 14. The first-order valence-corrected chi connectivity index (χ1v) is 16.5. The van der Waals surface area contributed by atoms with Crippen molar-refractivity contribution in [3.63, 3.8) is 0 Å². The standard InChI is InChI=1S/C36H40FN3O4S/c1-4-5-20-38-36(42)34(24-29-12-8-6-9-13-29)39(25-30-16-18-31(37)19-17-30)35(41)26-40(32-22-27(2)21-28(3)23-32)45(43,44)33-14-10-7-11-15-33/h6-19,21-23,34H,4-5,20,24-26H2,1-3H3,(H,38,42)/t34-/m1/s1. The van der Waals surface area contributed by atoms with Crippen LogP contribution in [0.15, 0.2) is 108 Å². The minimum atomic E-state index is -4.18. The van der Waals surface area contributed by atoms with E-state index in [1.165, 1.54) is 29.2 Å². The summed E-state index contributed by atoms with van der Waals surface area (Å²) in [6.45, 7) is 5.62. The fraction of sp³-hybridized carbons (Fsp3) is 0.278. The van der Waals surface area contributed by atoms with E-state index in [1.807, 2.05) is 57.2 Å². The van der Waals surface area contributed by atoms with Crippen molar-refractivity contribution in [1.82, 2.24) is 10.2 Å². The fourth-order valence-corrected chi connectivity index (χ4v) is 6.61. The van der Waals surface area contributed by atoms with E-state index >= 15 is 0 Å². The lowest BCUT2D eigenvalue weighted by Crippen LogP contribution is -2.53. The first kappa shape index (κ1) is 33.4. The summed E-state index contributed by atoms with van der Waals surface area (Å²) in [7, 11) is -4.18. The molecule has 1 atom stereocenters. The summed E-state index contributed by atoms with van der Waals surface area (Å²) in [6.07, 6.45) is 1.86. The molecule has 4 aromatic rings. The van der Waals surface area contributed by atoms with Crippen molar-refractivity contribution in [3.05, 3.63) is 131 Å². The minimum Gasteiger partial charge on any atom is -0.354 e. The normalized spacial score (nSPS) is 11.9. The molecule has 0 saturated heterocycles. The fourth-order valence-electron chi connectivity index (χ4n) is 5.19. The third-order valence-corrected chi connectivity index (χ3v) is 9.26. The molecular formula is C36H40FN3O4S. The number of anilines is 1. The van der Waals surface area contributed by atoms with Gasteiger partial charge in [-0.05, 0) is 78.9 Å². The molecule has 4 rings (SSSR count). The highest BCUT2D eigenvalue weighted by atomic mass is 32.2. The number of carbonyl (C=O) groups excluding carboxylic acids is 2. The lowest BCUT2D eigenvalue weighted by molar-refractivity contribution is -0.140. The Morgan fingerprint density at radius 1 is 0.822 bits per heavy atom. The van der Waals surface area contributed by atoms with Gasteiger partial charge in [0.05, 0.1) is 10.6 Å². The average molecular weight is 630 g/mol. The molecule has 0 aliphatic rings. The first-order valence-electron chi connectivity index (χ1n) is 15.1. The first-order chi connectivity index (χ1) is 21.6. The van der Waals surface area contributed by atoms with Gasteiger partial charge in [-0.1, -0.05) is 80.1 Å². The number of benzene rings is 4. The van der Waals surface area contributed by atoms with Crippen LogP contribution in [0, 0.1) is 19.7 Å². The monoisotopic (exact) mass is 629 g/mol. The van der Waals surface area contributed by atoms with Gasteiger partial charge in [-0.15, -0.1) is 0 Å². The van der Waals surface area contributed by atoms with Crippen molar-refractivity contribution >= 4 is 27.5 Å². The number of hydrogen-bond donors (Lipinski definition) is 1. The predicted molar refractivity (Wildman–Crippen MR) is 176 cm³/mol. The zero-order valence-corrected chi connectivity index (χ0v) is 26.8. The van der Waals surface area contributed by atoms with E-state index in [4.69, 9.17) is 0 Å². The molecule has 7 nitrogen and oxygen atoms in total. The van der Waals surface area contributed by atoms with Crippen molar-refractivity contribution < 1.29 is 22.4 Å². The number of amides is 2. The predicted octanol–water partition coefficient (Wildman–Crippen LogP) is 6.19. The highest BCUT2D eigenvalue weighted by Gasteiger charge is 2.34. The number of nitrogens with zero attached hydrogens (tertiary/aromatic N) is 2. The van der Waals surface area contributed by atoms with Crippen molar-refractivity contribution in [1.29, 1.82) is 0 Å². The van der Waals surface area contributed by atoms with Crippen LogP contribution in [-0.4, -0.2) is 44.3 Å². The average Bonchev–Trinajstić information content (AvgIpc) is 3.02. The topological polar surface area (TPSA) is 86.8 Å². The Morgan fingerprint density at radius 2 is 1.42 bits per heavy atom. The summed E-state index contributed by atoms with van der Waals surface area (Å²) in [5, 5.41) is 2.97. The van der Waals surface area contributed by atoms with Crippen LogP contribution in [0.1, 0.15) is 42.0 Å². The third kappa shape index (κ3) is 9.01. The number of carbonyl (C=O) groups is 2. The molecule has 45 heavy (non-hydrogen) atoms. The molecule has 0 heterocycles. The molecule has 0 radical (unpaired) electrons. The van der Waals surface area contributed by atoms with E-state index in [-0.39, 0.29) is 23.8 Å². The van der Waals surface area contributed by atoms with Crippen LogP contribution in [0.25, 0.3) is 0 Å². The Kier molecular flexibility index (Phi) is 11.5. The Bertz CT molecular complexity index is 1660. The van der Waals surface area contributed by atoms with Crippen LogP contribution in [0.3, 0.4) is 0 Å². The van der Waals surface area contributed by atoms with Gasteiger partial charge >= 0.3 is 0 Å². The van der Waals surface area contributed by atoms with E-state index in [0.717, 1.165) is 33.8 Å². The second-order valence-corrected chi connectivity index (χ2v) is 13.0. The van der Waals surface area contributed by atoms with E-state index in [1.54, 1.807) is 42.5 Å². The molecule has 236 valence electrons. The largest absolute Gasteiger partial charge is 0.354 e. The molecule has 0 aliphatic heterocycles. The van der Waals surface area contributed by atoms with Crippen molar-refractivity contribution in [2.75, 3.05) is 17.4 Å². The summed E-state index contributed by atoms with van der Waals surface area (Å²) in [6, 6.07) is 27.5. The number of halogens is 1. The van der Waals surface area contributed by atoms with Crippen molar-refractivity contribution in [2.24, 2.45) is 0 Å². The van der Waals surface area contributed by atoms with Crippen LogP contribution in [0.2, 0.25) is 0 Å². The molecule has 9 heteroatoms. The van der Waals surface area contributed by atoms with Gasteiger partial charge in [-0.25, -0.2) is 12.8 Å². The van der Waals surface area contributed by atoms with Crippen LogP contribution in [-0.2, 0) is 32.6 Å². The van der Waals surface area contributed by atoms with E-state index in [9.17, 15) is 22.4 Å². The van der Waals surface area contributed by atoms with Crippen molar-refractivity contribution in [3.8, 4) is 0 Å². The molecule has 4 aromatic carbocycles. The van der Waals surface area contributed by atoms with Crippen LogP contribution < -0.4 is 9.62 Å². The van der Waals surface area contributed by atoms with Crippen LogP contribution in [0.5, 0.6) is 0 Å². The van der Waals surface area contributed by atoms with Gasteiger partial charge in [-0.3, -0.25) is 13.9 Å². The van der Waals surface area contributed by atoms with Gasteiger partial charge in [0.2, 0.25) is 11.8 Å². The lowest BCUT2D eigenvalue weighted by atomic mass is 10.0. The summed E-state index contributed by atoms with van der Waals surface area (Å²) in [5.74, 6) is -1.33. The third-order valence-electron chi connectivity index (χ3n) is 7.47. The summed E-state index contributed by atoms with van der Waals surface area (Å²) < 4.78 is 43.2. The Morgan fingerprint density at radius 3 is 2.02 bits per heavy atom. The maximum Gasteiger partial charge on any atom is 0.264 e. The van der Waals surface area contributed by atoms with Gasteiger partial charge in [0.15, 0.2) is 0 Å². The minimum absolute atomic E-state index is 0.0239. The van der Waals surface area contributed by atoms with E-state index < -0.39 is 34.3 Å². The zero-order chi connectivity index (χ0) is 32.4. The number of unbranched alkanes of at least 4 members (excludes halogenated alkanes) is 1. The molecule has 0 fully saturated rings. The second kappa shape index (κ2) is 15.5. The zero-order valence-electron chi connectivity index (χ0n) is 25.9. The number of sulfonamides is 1. The Hall–Kier alpha value is -4.50. The molecule has 1 N–H and O–H groups in total. The maximum absolute atomic E-state index is 14.5. The van der Waals surface area contributed by atoms with Gasteiger partial charge in [0.25, 0.3) is 10.0 Å². The Labute approximate surface area is 265 Å². The molecule has 0 bridgehead atoms. The summed E-state index contributed by atoms with van der Waals surface area (Å²) in [5.41, 5.74) is 3.47. The molecule has 2 amide bonds. The quantitative estimate of drug-likeness (QED) is 0.169. The van der Waals surface area contributed by atoms with Gasteiger partial charge in [0.1, 0.15) is 18.4 Å². The molecule has 0 spiro atoms. The maximum atomic E-state index is 14.5. The molecule has 0 aromatic heterocycles. The SMILES string of the molecule is CCCCNC(=O)[C@@H](Cc1ccccc1)N(Cc1ccc(F)cc1)C(=O)CN(c1cc(C)cc(C)c1)S(=O)(=O)c1ccccc1. The highest BCUT2D eigenvalue weighted by molar-refractivity contribution is 7.92. The molecule has 0 aliphatic carbocycles. The van der Waals surface area contributed by atoms with E-state index in [2.05, 4.69) is 5.32 Å². The Balaban J connectivity index is 1.80. The van der Waals surface area contributed by atoms with Gasteiger partial charge in [0, 0.05) is 19.5 Å². The number of nitrogens with one attached hydrogen (secondary N) is 1. The molecule has 0 saturated carbocycles. The van der Waals surface area contributed by atoms with Gasteiger partial charge in [-0.2, -0.15) is 0 Å². The van der Waals surface area contributed by atoms with Crippen LogP contribution in [0.4, 0.5) is 10.1 Å². The summed E-state index contributed by atoms with van der Waals surface area (Å²) in [4.78, 5) is 29.7. The molecule has 0 unspecified atom stereocenters. The second-order valence-electron chi connectivity index (χ2n) is 11.2. The highest BCUT2D eigenvalue weighted by Crippen LogP contribution is 2.27. The summed E-state index contributed by atoms with van der Waals surface area (Å²) >= 11 is 0. The number of aryl methyl sites for hydroxylation is 2. The van der Waals surface area contributed by atoms with Gasteiger partial charge < -0.3 is 10.2 Å². The lowest BCUT2D eigenvalue weighted by Gasteiger charge is -2.34. The number of hydrogen-bond acceptors (Lipinski definition) is 4. The van der Waals surface area contributed by atoms with E-state index in [0.29, 0.717) is 17.8 Å². The smallest absolute Gasteiger partial charge is 0.264 e. The molecular weight excluding hydrogens is 589 g/mol. The van der Waals surface area contributed by atoms with Crippen LogP contribution >= 0.6 is 0 Å². The van der Waals surface area contributed by atoms with Crippen molar-refractivity contribution in [2.45, 2.75) is 57.5 Å².